The molecule has 0 spiro atoms. The lowest BCUT2D eigenvalue weighted by Gasteiger charge is -2.09. The Balaban J connectivity index is 2.04. The number of aryl methyl sites for hydroxylation is 1. The van der Waals surface area contributed by atoms with Gasteiger partial charge in [-0.25, -0.2) is 8.42 Å². The third kappa shape index (κ3) is 3.04. The molecule has 136 valence electrons. The zero-order valence-electron chi connectivity index (χ0n) is 15.1. The zero-order valence-corrected chi connectivity index (χ0v) is 15.9. The van der Waals surface area contributed by atoms with Gasteiger partial charge >= 0.3 is 0 Å². The smallest absolute Gasteiger partial charge is 0.183 e. The molecule has 0 bridgehead atoms. The molecule has 3 atom stereocenters. The molecular formula is C21H23NO3S. The van der Waals surface area contributed by atoms with Crippen molar-refractivity contribution in [1.82, 2.24) is 0 Å². The van der Waals surface area contributed by atoms with E-state index in [4.69, 9.17) is 4.74 Å². The molecular weight excluding hydrogens is 346 g/mol. The van der Waals surface area contributed by atoms with Crippen molar-refractivity contribution in [3.63, 3.8) is 0 Å². The van der Waals surface area contributed by atoms with Crippen LogP contribution in [0, 0.1) is 16.7 Å². The van der Waals surface area contributed by atoms with Crippen LogP contribution in [0.2, 0.25) is 0 Å². The molecule has 26 heavy (non-hydrogen) atoms. The first-order chi connectivity index (χ1) is 12.5. The second-order valence-electron chi connectivity index (χ2n) is 6.64. The third-order valence-corrected chi connectivity index (χ3v) is 7.45. The molecule has 1 aliphatic carbocycles. The summed E-state index contributed by atoms with van der Waals surface area (Å²) in [5.41, 5.74) is 1.02. The number of ether oxygens (including phenoxy) is 1. The summed E-state index contributed by atoms with van der Waals surface area (Å²) in [5.74, 6) is -0.379. The number of nitriles is 1. The van der Waals surface area contributed by atoms with Gasteiger partial charge in [0.1, 0.15) is 5.41 Å². The Labute approximate surface area is 155 Å². The van der Waals surface area contributed by atoms with Crippen LogP contribution in [-0.2, 0) is 21.0 Å². The molecule has 0 saturated heterocycles. The van der Waals surface area contributed by atoms with Crippen molar-refractivity contribution in [3.8, 4) is 6.07 Å². The fourth-order valence-electron chi connectivity index (χ4n) is 3.66. The Morgan fingerprint density at radius 3 is 2.27 bits per heavy atom. The van der Waals surface area contributed by atoms with Crippen molar-refractivity contribution in [2.24, 2.45) is 5.41 Å². The van der Waals surface area contributed by atoms with Gasteiger partial charge in [-0.15, -0.1) is 0 Å². The van der Waals surface area contributed by atoms with Crippen molar-refractivity contribution in [1.29, 1.82) is 5.26 Å². The normalized spacial score (nSPS) is 24.8. The second kappa shape index (κ2) is 7.22. The molecule has 2 aromatic rings. The highest BCUT2D eigenvalue weighted by molar-refractivity contribution is 7.92. The molecule has 0 radical (unpaired) electrons. The average molecular weight is 369 g/mol. The summed E-state index contributed by atoms with van der Waals surface area (Å²) in [6, 6.07) is 18.6. The molecule has 4 nitrogen and oxygen atoms in total. The number of hydrogen-bond donors (Lipinski definition) is 0. The first kappa shape index (κ1) is 18.6. The highest BCUT2D eigenvalue weighted by Crippen LogP contribution is 2.63. The number of hydrogen-bond acceptors (Lipinski definition) is 4. The predicted molar refractivity (Wildman–Crippen MR) is 101 cm³/mol. The molecule has 0 heterocycles. The van der Waals surface area contributed by atoms with Crippen LogP contribution in [0.15, 0.2) is 59.5 Å². The van der Waals surface area contributed by atoms with Crippen molar-refractivity contribution < 1.29 is 13.2 Å². The van der Waals surface area contributed by atoms with Crippen molar-refractivity contribution in [2.45, 2.75) is 36.3 Å². The molecule has 3 rings (SSSR count). The highest BCUT2D eigenvalue weighted by Gasteiger charge is 2.72. The summed E-state index contributed by atoms with van der Waals surface area (Å²) in [5, 5.41) is 9.11. The topological polar surface area (TPSA) is 67.2 Å². The summed E-state index contributed by atoms with van der Waals surface area (Å²) in [6.07, 6.45) is 0.916. The van der Waals surface area contributed by atoms with Gasteiger partial charge in [0.25, 0.3) is 0 Å². The summed E-state index contributed by atoms with van der Waals surface area (Å²) in [6.45, 7) is 4.49. The van der Waals surface area contributed by atoms with Crippen LogP contribution in [-0.4, -0.2) is 26.9 Å². The quantitative estimate of drug-likeness (QED) is 0.746. The number of benzene rings is 2. The van der Waals surface area contributed by atoms with Gasteiger partial charge in [-0.05, 0) is 36.6 Å². The van der Waals surface area contributed by atoms with E-state index in [1.165, 1.54) is 5.56 Å². The van der Waals surface area contributed by atoms with Gasteiger partial charge in [-0.2, -0.15) is 5.26 Å². The monoisotopic (exact) mass is 369 g/mol. The van der Waals surface area contributed by atoms with E-state index >= 15 is 0 Å². The molecule has 1 fully saturated rings. The summed E-state index contributed by atoms with van der Waals surface area (Å²) >= 11 is 0. The lowest BCUT2D eigenvalue weighted by atomic mass is 10.00. The largest absolute Gasteiger partial charge is 0.380 e. The van der Waals surface area contributed by atoms with E-state index < -0.39 is 20.5 Å². The maximum absolute atomic E-state index is 13.2. The van der Waals surface area contributed by atoms with E-state index in [-0.39, 0.29) is 17.4 Å². The first-order valence-electron chi connectivity index (χ1n) is 8.88. The van der Waals surface area contributed by atoms with E-state index in [0.717, 1.165) is 12.0 Å². The minimum Gasteiger partial charge on any atom is -0.380 e. The first-order valence-corrected chi connectivity index (χ1v) is 10.4. The Bertz CT molecular complexity index is 901. The van der Waals surface area contributed by atoms with Crippen LogP contribution in [0.1, 0.15) is 30.9 Å². The van der Waals surface area contributed by atoms with Crippen molar-refractivity contribution >= 4 is 9.84 Å². The average Bonchev–Trinajstić information content (AvgIpc) is 3.37. The lowest BCUT2D eigenvalue weighted by molar-refractivity contribution is 0.117. The fraction of sp³-hybridized carbons (Fsp3) is 0.381. The van der Waals surface area contributed by atoms with Gasteiger partial charge in [0, 0.05) is 12.5 Å². The Morgan fingerprint density at radius 1 is 1.08 bits per heavy atom. The van der Waals surface area contributed by atoms with E-state index in [2.05, 4.69) is 13.0 Å². The summed E-state index contributed by atoms with van der Waals surface area (Å²) < 4.78 is 32.0. The van der Waals surface area contributed by atoms with Crippen LogP contribution in [0.4, 0.5) is 0 Å². The summed E-state index contributed by atoms with van der Waals surface area (Å²) in [4.78, 5) is 0.258. The van der Waals surface area contributed by atoms with Crippen LogP contribution in [0.3, 0.4) is 0 Å². The SMILES string of the molecule is CCOC[C@]1(C#N)[C@H](c2ccc(CC)cc2)[C@@H]1S(=O)(=O)c1ccccc1. The summed E-state index contributed by atoms with van der Waals surface area (Å²) in [7, 11) is -3.63. The van der Waals surface area contributed by atoms with Crippen LogP contribution in [0.5, 0.6) is 0 Å². The van der Waals surface area contributed by atoms with Gasteiger partial charge in [0.15, 0.2) is 9.84 Å². The minimum absolute atomic E-state index is 0.122. The third-order valence-electron chi connectivity index (χ3n) is 5.16. The Kier molecular flexibility index (Phi) is 5.17. The molecule has 5 heteroatoms. The van der Waals surface area contributed by atoms with E-state index in [0.29, 0.717) is 6.61 Å². The van der Waals surface area contributed by atoms with Gasteiger partial charge < -0.3 is 4.74 Å². The lowest BCUT2D eigenvalue weighted by Crippen LogP contribution is -2.19. The Morgan fingerprint density at radius 2 is 1.73 bits per heavy atom. The zero-order chi connectivity index (χ0) is 18.8. The number of sulfone groups is 1. The molecule has 0 aliphatic heterocycles. The molecule has 0 unspecified atom stereocenters. The predicted octanol–water partition coefficient (Wildman–Crippen LogP) is 3.74. The molecule has 0 aromatic heterocycles. The Hall–Kier alpha value is -2.16. The van der Waals surface area contributed by atoms with Gasteiger partial charge in [0.05, 0.1) is 22.8 Å². The van der Waals surface area contributed by atoms with E-state index in [9.17, 15) is 13.7 Å². The number of rotatable bonds is 7. The van der Waals surface area contributed by atoms with Crippen LogP contribution >= 0.6 is 0 Å². The molecule has 0 amide bonds. The standard InChI is InChI=1S/C21H23NO3S/c1-3-16-10-12-17(13-11-16)19-20(21(19,14-22)15-25-4-2)26(23,24)18-8-6-5-7-9-18/h5-13,19-20H,3-4,15H2,1-2H3/t19-,20+,21-/m1/s1. The van der Waals surface area contributed by atoms with Crippen molar-refractivity contribution in [2.75, 3.05) is 13.2 Å². The highest BCUT2D eigenvalue weighted by atomic mass is 32.2. The molecule has 0 N–H and O–H groups in total. The molecule has 2 aromatic carbocycles. The maximum atomic E-state index is 13.2. The van der Waals surface area contributed by atoms with Gasteiger partial charge in [-0.1, -0.05) is 49.4 Å². The van der Waals surface area contributed by atoms with Crippen LogP contribution in [0.25, 0.3) is 0 Å². The molecule has 1 saturated carbocycles. The van der Waals surface area contributed by atoms with Crippen LogP contribution < -0.4 is 0 Å². The van der Waals surface area contributed by atoms with E-state index in [1.807, 2.05) is 31.2 Å². The van der Waals surface area contributed by atoms with Crippen molar-refractivity contribution in [3.05, 3.63) is 65.7 Å². The minimum atomic E-state index is -3.63. The molecule has 1 aliphatic rings. The van der Waals surface area contributed by atoms with Gasteiger partial charge in [0.2, 0.25) is 0 Å². The maximum Gasteiger partial charge on any atom is 0.183 e. The van der Waals surface area contributed by atoms with Gasteiger partial charge in [-0.3, -0.25) is 0 Å². The van der Waals surface area contributed by atoms with E-state index in [1.54, 1.807) is 30.3 Å². The number of nitrogens with zero attached hydrogens (tertiary/aromatic N) is 1. The second-order valence-corrected chi connectivity index (χ2v) is 8.71. The fourth-order valence-corrected chi connectivity index (χ4v) is 5.99.